The van der Waals surface area contributed by atoms with Crippen molar-refractivity contribution in [3.8, 4) is 5.75 Å². The van der Waals surface area contributed by atoms with Crippen LogP contribution in [0.15, 0.2) is 42.5 Å². The van der Waals surface area contributed by atoms with E-state index in [2.05, 4.69) is 5.32 Å². The van der Waals surface area contributed by atoms with Gasteiger partial charge in [-0.25, -0.2) is 8.42 Å². The molecule has 1 atom stereocenters. The molecule has 0 aromatic heterocycles. The number of sulfonamides is 1. The van der Waals surface area contributed by atoms with Crippen molar-refractivity contribution in [1.29, 1.82) is 0 Å². The average Bonchev–Trinajstić information content (AvgIpc) is 2.62. The summed E-state index contributed by atoms with van der Waals surface area (Å²) in [7, 11) is -3.79. The average molecular weight is 459 g/mol. The van der Waals surface area contributed by atoms with Gasteiger partial charge in [0.05, 0.1) is 23.1 Å². The molecule has 1 unspecified atom stereocenters. The predicted octanol–water partition coefficient (Wildman–Crippen LogP) is 4.25. The number of amides is 1. The zero-order valence-corrected chi connectivity index (χ0v) is 19.0. The van der Waals surface area contributed by atoms with Crippen molar-refractivity contribution in [2.24, 2.45) is 0 Å². The molecule has 9 heteroatoms. The maximum absolute atomic E-state index is 12.7. The van der Waals surface area contributed by atoms with Gasteiger partial charge in [0, 0.05) is 11.6 Å². The van der Waals surface area contributed by atoms with Crippen molar-refractivity contribution in [2.75, 3.05) is 10.6 Å². The molecule has 0 fully saturated rings. The second-order valence-electron chi connectivity index (χ2n) is 6.86. The fourth-order valence-corrected chi connectivity index (χ4v) is 4.33. The van der Waals surface area contributed by atoms with Crippen LogP contribution in [0, 0.1) is 0 Å². The van der Waals surface area contributed by atoms with Gasteiger partial charge in [0.25, 0.3) is 0 Å². The Hall–Kier alpha value is -1.96. The fourth-order valence-electron chi connectivity index (χ4n) is 2.73. The maximum Gasteiger partial charge on any atom is 0.243 e. The lowest BCUT2D eigenvalue weighted by Crippen LogP contribution is -2.47. The van der Waals surface area contributed by atoms with E-state index >= 15 is 0 Å². The lowest BCUT2D eigenvalue weighted by molar-refractivity contribution is -0.122. The number of ether oxygens (including phenoxy) is 1. The van der Waals surface area contributed by atoms with Crippen LogP contribution in [0.2, 0.25) is 10.0 Å². The van der Waals surface area contributed by atoms with Gasteiger partial charge in [-0.2, -0.15) is 0 Å². The summed E-state index contributed by atoms with van der Waals surface area (Å²) in [4.78, 5) is 12.7. The lowest BCUT2D eigenvalue weighted by Gasteiger charge is -2.29. The molecule has 0 aliphatic heterocycles. The molecule has 0 radical (unpaired) electrons. The predicted molar refractivity (Wildman–Crippen MR) is 117 cm³/mol. The molecule has 0 heterocycles. The molecule has 1 amide bonds. The normalized spacial score (nSPS) is 12.5. The molecule has 0 bridgehead atoms. The number of carbonyl (C=O) groups is 1. The fraction of sp³-hybridized carbons (Fsp3) is 0.350. The van der Waals surface area contributed by atoms with Crippen LogP contribution in [0.4, 0.5) is 5.69 Å². The minimum atomic E-state index is -3.79. The molecule has 29 heavy (non-hydrogen) atoms. The SMILES string of the molecule is CC(C)Oc1ccc(CNC(=O)C(C)N(c2cc(Cl)ccc2Cl)S(C)(=O)=O)cc1. The topological polar surface area (TPSA) is 75.7 Å². The first kappa shape index (κ1) is 23.3. The van der Waals surface area contributed by atoms with Gasteiger partial charge in [-0.15, -0.1) is 0 Å². The number of nitrogens with one attached hydrogen (secondary N) is 1. The summed E-state index contributed by atoms with van der Waals surface area (Å²) in [5.41, 5.74) is 1.01. The number of anilines is 1. The molecule has 2 aromatic rings. The summed E-state index contributed by atoms with van der Waals surface area (Å²) in [6.07, 6.45) is 1.09. The maximum atomic E-state index is 12.7. The number of hydrogen-bond donors (Lipinski definition) is 1. The van der Waals surface area contributed by atoms with E-state index in [-0.39, 0.29) is 23.4 Å². The number of rotatable bonds is 8. The second-order valence-corrected chi connectivity index (χ2v) is 9.56. The van der Waals surface area contributed by atoms with Gasteiger partial charge in [-0.05, 0) is 56.7 Å². The number of halogens is 2. The number of carbonyl (C=O) groups excluding carboxylic acids is 1. The Labute approximate surface area is 181 Å². The van der Waals surface area contributed by atoms with E-state index in [1.54, 1.807) is 6.07 Å². The Morgan fingerprint density at radius 2 is 1.72 bits per heavy atom. The van der Waals surface area contributed by atoms with Crippen LogP contribution in [0.25, 0.3) is 0 Å². The third kappa shape index (κ3) is 6.52. The van der Waals surface area contributed by atoms with Crippen LogP contribution < -0.4 is 14.4 Å². The highest BCUT2D eigenvalue weighted by atomic mass is 35.5. The van der Waals surface area contributed by atoms with Gasteiger partial charge in [-0.1, -0.05) is 35.3 Å². The number of benzene rings is 2. The molecule has 0 aliphatic carbocycles. The van der Waals surface area contributed by atoms with Crippen molar-refractivity contribution >= 4 is 44.8 Å². The van der Waals surface area contributed by atoms with Gasteiger partial charge in [0.15, 0.2) is 0 Å². The molecular formula is C20H24Cl2N2O4S. The number of nitrogens with zero attached hydrogens (tertiary/aromatic N) is 1. The molecule has 2 rings (SSSR count). The monoisotopic (exact) mass is 458 g/mol. The zero-order chi connectivity index (χ0) is 21.8. The zero-order valence-electron chi connectivity index (χ0n) is 16.6. The van der Waals surface area contributed by atoms with Gasteiger partial charge >= 0.3 is 0 Å². The third-order valence-electron chi connectivity index (χ3n) is 4.00. The summed E-state index contributed by atoms with van der Waals surface area (Å²) >= 11 is 12.2. The van der Waals surface area contributed by atoms with Gasteiger partial charge in [-0.3, -0.25) is 9.10 Å². The summed E-state index contributed by atoms with van der Waals surface area (Å²) in [5.74, 6) is 0.274. The molecule has 0 saturated heterocycles. The number of hydrogen-bond acceptors (Lipinski definition) is 4. The van der Waals surface area contributed by atoms with E-state index in [1.165, 1.54) is 19.1 Å². The summed E-state index contributed by atoms with van der Waals surface area (Å²) in [6, 6.07) is 10.7. The Balaban J connectivity index is 2.14. The van der Waals surface area contributed by atoms with E-state index < -0.39 is 22.0 Å². The van der Waals surface area contributed by atoms with Crippen LogP contribution in [0.5, 0.6) is 5.75 Å². The van der Waals surface area contributed by atoms with E-state index in [0.29, 0.717) is 5.02 Å². The van der Waals surface area contributed by atoms with E-state index in [0.717, 1.165) is 21.9 Å². The molecular weight excluding hydrogens is 435 g/mol. The summed E-state index contributed by atoms with van der Waals surface area (Å²) in [6.45, 7) is 5.61. The molecule has 0 saturated carbocycles. The van der Waals surface area contributed by atoms with Crippen molar-refractivity contribution < 1.29 is 17.9 Å². The Kier molecular flexibility index (Phi) is 7.80. The minimum Gasteiger partial charge on any atom is -0.491 e. The molecule has 0 spiro atoms. The third-order valence-corrected chi connectivity index (χ3v) is 5.78. The van der Waals surface area contributed by atoms with Crippen molar-refractivity contribution in [3.05, 3.63) is 58.1 Å². The first-order valence-electron chi connectivity index (χ1n) is 8.97. The lowest BCUT2D eigenvalue weighted by atomic mass is 10.2. The van der Waals surface area contributed by atoms with Crippen LogP contribution in [0.1, 0.15) is 26.3 Å². The molecule has 0 aliphatic rings. The Bertz CT molecular complexity index is 963. The van der Waals surface area contributed by atoms with Crippen LogP contribution in [-0.4, -0.2) is 32.7 Å². The van der Waals surface area contributed by atoms with Crippen LogP contribution in [0.3, 0.4) is 0 Å². The van der Waals surface area contributed by atoms with Crippen LogP contribution >= 0.6 is 23.2 Å². The molecule has 158 valence electrons. The highest BCUT2D eigenvalue weighted by molar-refractivity contribution is 7.92. The molecule has 2 aromatic carbocycles. The summed E-state index contributed by atoms with van der Waals surface area (Å²) in [5, 5.41) is 3.25. The van der Waals surface area contributed by atoms with Crippen LogP contribution in [-0.2, 0) is 21.4 Å². The highest BCUT2D eigenvalue weighted by Crippen LogP contribution is 2.32. The quantitative estimate of drug-likeness (QED) is 0.641. The van der Waals surface area contributed by atoms with Crippen molar-refractivity contribution in [3.63, 3.8) is 0 Å². The highest BCUT2D eigenvalue weighted by Gasteiger charge is 2.30. The largest absolute Gasteiger partial charge is 0.491 e. The second kappa shape index (κ2) is 9.69. The molecule has 6 nitrogen and oxygen atoms in total. The summed E-state index contributed by atoms with van der Waals surface area (Å²) < 4.78 is 31.3. The minimum absolute atomic E-state index is 0.0710. The first-order valence-corrected chi connectivity index (χ1v) is 11.6. The van der Waals surface area contributed by atoms with Crippen molar-refractivity contribution in [2.45, 2.75) is 39.5 Å². The van der Waals surface area contributed by atoms with E-state index in [1.807, 2.05) is 38.1 Å². The Morgan fingerprint density at radius 3 is 2.28 bits per heavy atom. The van der Waals surface area contributed by atoms with Gasteiger partial charge in [0.1, 0.15) is 11.8 Å². The van der Waals surface area contributed by atoms with Gasteiger partial charge in [0.2, 0.25) is 15.9 Å². The van der Waals surface area contributed by atoms with E-state index in [9.17, 15) is 13.2 Å². The standard InChI is InChI=1S/C20H24Cl2N2O4S/c1-13(2)28-17-8-5-15(6-9-17)12-23-20(25)14(3)24(29(4,26)27)19-11-16(21)7-10-18(19)22/h5-11,13-14H,12H2,1-4H3,(H,23,25). The van der Waals surface area contributed by atoms with E-state index in [4.69, 9.17) is 27.9 Å². The van der Waals surface area contributed by atoms with Crippen molar-refractivity contribution in [1.82, 2.24) is 5.32 Å². The molecule has 1 N–H and O–H groups in total. The smallest absolute Gasteiger partial charge is 0.243 e. The first-order chi connectivity index (χ1) is 13.5. The van der Waals surface area contributed by atoms with Gasteiger partial charge < -0.3 is 10.1 Å². The Morgan fingerprint density at radius 1 is 1.10 bits per heavy atom.